The van der Waals surface area contributed by atoms with E-state index >= 15 is 0 Å². The van der Waals surface area contributed by atoms with Crippen molar-refractivity contribution >= 4 is 18.4 Å². The summed E-state index contributed by atoms with van der Waals surface area (Å²) in [6.45, 7) is 0. The van der Waals surface area contributed by atoms with Crippen LogP contribution >= 0.6 is 18.4 Å². The fraction of sp³-hybridized carbons (Fsp3) is 0. The second-order valence-electron chi connectivity index (χ2n) is 0.143. The predicted octanol–water partition coefficient (Wildman–Crippen LogP) is -0.128. The van der Waals surface area contributed by atoms with Crippen molar-refractivity contribution in [3.05, 3.63) is 0 Å². The zero-order chi connectivity index (χ0) is 5.41. The van der Waals surface area contributed by atoms with E-state index in [9.17, 15) is 16.8 Å². The fourth-order valence-corrected chi connectivity index (χ4v) is 0. The molecule has 0 bridgehead atoms. The number of halogens is 4. The van der Waals surface area contributed by atoms with Gasteiger partial charge in [-0.15, -0.1) is 0 Å². The van der Waals surface area contributed by atoms with Crippen LogP contribution in [0.25, 0.3) is 0 Å². The zero-order valence-electron chi connectivity index (χ0n) is 3.51. The Morgan fingerprint density at radius 2 is 0.714 bits per heavy atom. The third kappa shape index (κ3) is 94.5. The van der Waals surface area contributed by atoms with Crippen molar-refractivity contribution < 1.29 is 46.3 Å². The Balaban J connectivity index is -0.0000000400. The maximum atomic E-state index is 9.65. The molecule has 0 aromatic heterocycles. The Kier molecular flexibility index (Phi) is 57.9. The minimum absolute atomic E-state index is 0. The molecule has 0 heterocycles. The van der Waals surface area contributed by atoms with Gasteiger partial charge in [-0.1, -0.05) is 0 Å². The van der Waals surface area contributed by atoms with Gasteiger partial charge < -0.3 is 0 Å². The van der Waals surface area contributed by atoms with Crippen LogP contribution in [0.3, 0.4) is 0 Å². The number of hydrogen-bond donors (Lipinski definition) is 0. The van der Waals surface area contributed by atoms with Gasteiger partial charge in [0, 0.05) is 0 Å². The second-order valence-corrected chi connectivity index (χ2v) is 0.429. The molecule has 0 saturated carbocycles. The van der Waals surface area contributed by atoms with Crippen molar-refractivity contribution in [3.63, 3.8) is 0 Å². The molecule has 0 saturated heterocycles. The van der Waals surface area contributed by atoms with E-state index in [1.807, 2.05) is 0 Å². The van der Waals surface area contributed by atoms with Crippen LogP contribution in [0, 0.1) is 0 Å². The van der Waals surface area contributed by atoms with Crippen LogP contribution in [0.5, 0.6) is 0 Å². The van der Waals surface area contributed by atoms with Gasteiger partial charge >= 0.3 is 29.6 Å². The first-order chi connectivity index (χ1) is 2.83. The molecule has 0 amide bonds. The SMILES string of the molecule is FPF.FPF.[Na+]. The van der Waals surface area contributed by atoms with Crippen molar-refractivity contribution in [3.8, 4) is 0 Å². The molecule has 0 aromatic rings. The molecule has 0 radical (unpaired) electrons. The van der Waals surface area contributed by atoms with Gasteiger partial charge in [0.2, 0.25) is 0 Å². The molecule has 7 heavy (non-hydrogen) atoms. The summed E-state index contributed by atoms with van der Waals surface area (Å²) >= 11 is 0. The molecule has 0 spiro atoms. The standard InChI is InChI=1S/2F2HP.Na/c2*1-3-2;/h2*3H;/q;;+1. The molecular formula is H2F4NaP2+. The molecular weight excluding hydrogens is 161 g/mol. The Morgan fingerprint density at radius 3 is 0.714 bits per heavy atom. The van der Waals surface area contributed by atoms with Gasteiger partial charge in [-0.2, -0.15) is 16.8 Å². The van der Waals surface area contributed by atoms with Gasteiger partial charge in [-0.25, -0.2) is 0 Å². The molecule has 0 aliphatic carbocycles. The Labute approximate surface area is 64.8 Å². The minimum atomic E-state index is -1.92. The van der Waals surface area contributed by atoms with Gasteiger partial charge in [0.15, 0.2) is 0 Å². The topological polar surface area (TPSA) is 0 Å². The summed E-state index contributed by atoms with van der Waals surface area (Å²) in [7, 11) is -3.83. The molecule has 0 nitrogen and oxygen atoms in total. The third-order valence-corrected chi connectivity index (χ3v) is 0. The van der Waals surface area contributed by atoms with E-state index in [-0.39, 0.29) is 29.6 Å². The fourth-order valence-electron chi connectivity index (χ4n) is 0. The van der Waals surface area contributed by atoms with Gasteiger partial charge in [-0.3, -0.25) is 0 Å². The number of hydrogen-bond acceptors (Lipinski definition) is 0. The molecule has 7 heteroatoms. The van der Waals surface area contributed by atoms with E-state index in [0.717, 1.165) is 0 Å². The van der Waals surface area contributed by atoms with E-state index in [1.54, 1.807) is 0 Å². The quantitative estimate of drug-likeness (QED) is 0.265. The maximum absolute atomic E-state index is 9.65. The second kappa shape index (κ2) is 25.6. The monoisotopic (exact) mass is 163 g/mol. The van der Waals surface area contributed by atoms with Gasteiger partial charge in [0.05, 0.1) is 0 Å². The Morgan fingerprint density at radius 1 is 0.714 bits per heavy atom. The first-order valence-electron chi connectivity index (χ1n) is 0.756. The summed E-state index contributed by atoms with van der Waals surface area (Å²) in [6, 6.07) is 0. The molecule has 0 unspecified atom stereocenters. The van der Waals surface area contributed by atoms with Crippen LogP contribution in [-0.4, -0.2) is 0 Å². The van der Waals surface area contributed by atoms with Crippen molar-refractivity contribution in [2.24, 2.45) is 0 Å². The van der Waals surface area contributed by atoms with Gasteiger partial charge in [-0.05, 0) is 0 Å². The van der Waals surface area contributed by atoms with E-state index in [1.165, 1.54) is 0 Å². The van der Waals surface area contributed by atoms with Crippen molar-refractivity contribution in [1.29, 1.82) is 0 Å². The molecule has 0 aliphatic rings. The van der Waals surface area contributed by atoms with Gasteiger partial charge in [0.25, 0.3) is 18.4 Å². The van der Waals surface area contributed by atoms with Crippen molar-refractivity contribution in [2.75, 3.05) is 0 Å². The average molecular weight is 163 g/mol. The van der Waals surface area contributed by atoms with Crippen LogP contribution < -0.4 is 29.6 Å². The number of rotatable bonds is 0. The van der Waals surface area contributed by atoms with Crippen LogP contribution in [0.15, 0.2) is 0 Å². The molecule has 0 aromatic carbocycles. The van der Waals surface area contributed by atoms with E-state index in [0.29, 0.717) is 0 Å². The summed E-state index contributed by atoms with van der Waals surface area (Å²) in [5.41, 5.74) is 0. The smallest absolute Gasteiger partial charge is 0.192 e. The van der Waals surface area contributed by atoms with Crippen LogP contribution in [0.4, 0.5) is 16.8 Å². The van der Waals surface area contributed by atoms with E-state index in [2.05, 4.69) is 0 Å². The average Bonchev–Trinajstić information content (AvgIpc) is 1.39. The Bertz CT molecular complexity index is 11.7. The van der Waals surface area contributed by atoms with E-state index in [4.69, 9.17) is 0 Å². The van der Waals surface area contributed by atoms with E-state index < -0.39 is 18.4 Å². The summed E-state index contributed by atoms with van der Waals surface area (Å²) in [4.78, 5) is 0. The van der Waals surface area contributed by atoms with Crippen molar-refractivity contribution in [2.45, 2.75) is 0 Å². The molecule has 0 rings (SSSR count). The molecule has 0 atom stereocenters. The predicted molar refractivity (Wildman–Crippen MR) is 21.1 cm³/mol. The third-order valence-electron chi connectivity index (χ3n) is 0. The molecule has 0 aliphatic heterocycles. The zero-order valence-corrected chi connectivity index (χ0v) is 7.51. The first kappa shape index (κ1) is 15.8. The first-order valence-corrected chi connectivity index (χ1v) is 2.27. The summed E-state index contributed by atoms with van der Waals surface area (Å²) in [5.74, 6) is 0. The summed E-state index contributed by atoms with van der Waals surface area (Å²) in [5, 5.41) is 0. The normalized spacial score (nSPS) is 5.14. The molecule has 0 N–H and O–H groups in total. The van der Waals surface area contributed by atoms with Crippen molar-refractivity contribution in [1.82, 2.24) is 0 Å². The Hall–Kier alpha value is 1.58. The summed E-state index contributed by atoms with van der Waals surface area (Å²) in [6.07, 6.45) is 0. The minimum Gasteiger partial charge on any atom is -0.192 e. The van der Waals surface area contributed by atoms with Crippen LogP contribution in [-0.2, 0) is 0 Å². The van der Waals surface area contributed by atoms with Gasteiger partial charge in [0.1, 0.15) is 0 Å². The maximum Gasteiger partial charge on any atom is 1.00 e. The molecule has 40 valence electrons. The summed E-state index contributed by atoms with van der Waals surface area (Å²) < 4.78 is 38.6. The van der Waals surface area contributed by atoms with Crippen LogP contribution in [0.2, 0.25) is 0 Å². The molecule has 0 fully saturated rings. The van der Waals surface area contributed by atoms with Crippen LogP contribution in [0.1, 0.15) is 0 Å². The largest absolute Gasteiger partial charge is 1.00 e.